The van der Waals surface area contributed by atoms with Crippen LogP contribution in [-0.2, 0) is 42.9 Å². The molecule has 2 aliphatic rings. The maximum atomic E-state index is 12.4. The van der Waals surface area contributed by atoms with Crippen molar-refractivity contribution in [3.8, 4) is 0 Å². The van der Waals surface area contributed by atoms with Gasteiger partial charge in [-0.1, -0.05) is 0 Å². The van der Waals surface area contributed by atoms with Crippen molar-refractivity contribution in [3.63, 3.8) is 0 Å². The Morgan fingerprint density at radius 1 is 0.673 bits per heavy atom. The van der Waals surface area contributed by atoms with Crippen molar-refractivity contribution < 1.29 is 73.6 Å². The number of nitrogens with two attached hydrogens (primary N) is 1. The minimum atomic E-state index is -1.43. The van der Waals surface area contributed by atoms with Gasteiger partial charge in [0.15, 0.2) is 12.6 Å². The number of unbranched alkanes of at least 4 members (excludes halogenated alkanes) is 3. The number of aliphatic hydroxyl groups is 6. The number of rotatable bonds is 23. The van der Waals surface area contributed by atoms with Gasteiger partial charge >= 0.3 is 0 Å². The van der Waals surface area contributed by atoms with Crippen LogP contribution in [0.3, 0.4) is 0 Å². The molecular weight excluding hydrogens is 694 g/mol. The molecule has 0 aliphatic carbocycles. The van der Waals surface area contributed by atoms with Crippen molar-refractivity contribution in [2.45, 2.75) is 139 Å². The van der Waals surface area contributed by atoms with Crippen LogP contribution in [0.1, 0.15) is 71.6 Å². The van der Waals surface area contributed by atoms with Gasteiger partial charge in [0.1, 0.15) is 54.7 Å². The molecule has 0 spiro atoms. The fourth-order valence-corrected chi connectivity index (χ4v) is 5.74. The second-order valence-corrected chi connectivity index (χ2v) is 12.9. The van der Waals surface area contributed by atoms with Crippen LogP contribution in [0.25, 0.3) is 0 Å². The summed E-state index contributed by atoms with van der Waals surface area (Å²) in [6.45, 7) is 1.88. The smallest absolute Gasteiger partial charge is 0.239 e. The Bertz CT molecular complexity index is 1140. The molecule has 10 unspecified atom stereocenters. The summed E-state index contributed by atoms with van der Waals surface area (Å²) >= 11 is 0. The van der Waals surface area contributed by atoms with Crippen LogP contribution in [-0.4, -0.2) is 160 Å². The predicted molar refractivity (Wildman–Crippen MR) is 178 cm³/mol. The van der Waals surface area contributed by atoms with Crippen LogP contribution < -0.4 is 27.0 Å². The summed E-state index contributed by atoms with van der Waals surface area (Å²) < 4.78 is 22.2. The van der Waals surface area contributed by atoms with Gasteiger partial charge in [0.05, 0.1) is 13.2 Å². The lowest BCUT2D eigenvalue weighted by molar-refractivity contribution is -0.270. The number of carbonyl (C=O) groups is 5. The SMILES string of the molecule is CC(=O)NC1C(OCCCCC(=O)NCCCC[C@H](NC(=O)CCCCOC2OC(CO)C(O)C(O)C2NC(C)=O)C(N)=O)OC(CO)C(O)C1O. The van der Waals surface area contributed by atoms with Gasteiger partial charge in [-0.3, -0.25) is 24.0 Å². The summed E-state index contributed by atoms with van der Waals surface area (Å²) in [5, 5.41) is 69.9. The average Bonchev–Trinajstić information content (AvgIpc) is 3.09. The van der Waals surface area contributed by atoms with Crippen molar-refractivity contribution in [2.24, 2.45) is 5.73 Å². The zero-order chi connectivity index (χ0) is 38.8. The first kappa shape index (κ1) is 45.1. The molecule has 2 rings (SSSR count). The summed E-state index contributed by atoms with van der Waals surface area (Å²) in [7, 11) is 0. The normalized spacial score (nSPS) is 29.5. The molecule has 2 heterocycles. The second kappa shape index (κ2) is 23.6. The monoisotopic (exact) mass is 751 g/mol. The first-order chi connectivity index (χ1) is 24.7. The molecule has 0 saturated carbocycles. The van der Waals surface area contributed by atoms with Gasteiger partial charge in [-0.2, -0.15) is 0 Å². The van der Waals surface area contributed by atoms with Crippen molar-refractivity contribution in [1.82, 2.24) is 21.3 Å². The van der Waals surface area contributed by atoms with Crippen molar-refractivity contribution in [3.05, 3.63) is 0 Å². The Morgan fingerprint density at radius 3 is 1.56 bits per heavy atom. The van der Waals surface area contributed by atoms with E-state index in [1.165, 1.54) is 13.8 Å². The highest BCUT2D eigenvalue weighted by molar-refractivity contribution is 5.86. The average molecular weight is 752 g/mol. The van der Waals surface area contributed by atoms with E-state index in [1.54, 1.807) is 0 Å². The van der Waals surface area contributed by atoms with Crippen LogP contribution >= 0.6 is 0 Å². The highest BCUT2D eigenvalue weighted by atomic mass is 16.7. The molecule has 2 fully saturated rings. The van der Waals surface area contributed by atoms with Gasteiger partial charge in [0.2, 0.25) is 29.5 Å². The molecule has 2 aliphatic heterocycles. The number of amides is 5. The van der Waals surface area contributed by atoms with E-state index in [4.69, 9.17) is 24.7 Å². The van der Waals surface area contributed by atoms with E-state index in [0.717, 1.165) is 0 Å². The molecule has 5 amide bonds. The molecule has 2 saturated heterocycles. The van der Waals surface area contributed by atoms with E-state index in [1.807, 2.05) is 0 Å². The van der Waals surface area contributed by atoms with Crippen molar-refractivity contribution in [2.75, 3.05) is 33.0 Å². The summed E-state index contributed by atoms with van der Waals surface area (Å²) in [5.41, 5.74) is 5.47. The number of nitrogens with one attached hydrogen (secondary N) is 4. The van der Waals surface area contributed by atoms with Gasteiger partial charge in [0, 0.05) is 46.4 Å². The van der Waals surface area contributed by atoms with Crippen LogP contribution in [0.4, 0.5) is 0 Å². The largest absolute Gasteiger partial charge is 0.394 e. The molecule has 0 radical (unpaired) electrons. The first-order valence-corrected chi connectivity index (χ1v) is 17.6. The van der Waals surface area contributed by atoms with E-state index in [9.17, 15) is 54.6 Å². The maximum Gasteiger partial charge on any atom is 0.239 e. The lowest BCUT2D eigenvalue weighted by Gasteiger charge is -2.42. The molecule has 20 nitrogen and oxygen atoms in total. The van der Waals surface area contributed by atoms with Gasteiger partial charge in [-0.05, 0) is 44.9 Å². The molecule has 11 atom stereocenters. The zero-order valence-electron chi connectivity index (χ0n) is 29.7. The van der Waals surface area contributed by atoms with E-state index in [2.05, 4.69) is 21.3 Å². The molecule has 300 valence electrons. The number of ether oxygens (including phenoxy) is 4. The van der Waals surface area contributed by atoms with Gasteiger partial charge in [-0.25, -0.2) is 0 Å². The Balaban J connectivity index is 1.60. The van der Waals surface area contributed by atoms with Crippen LogP contribution in [0.5, 0.6) is 0 Å². The van der Waals surface area contributed by atoms with Crippen LogP contribution in [0.15, 0.2) is 0 Å². The predicted octanol–water partition coefficient (Wildman–Crippen LogP) is -4.50. The minimum absolute atomic E-state index is 0.0628. The lowest BCUT2D eigenvalue weighted by Crippen LogP contribution is -2.64. The summed E-state index contributed by atoms with van der Waals surface area (Å²) in [5.74, 6) is -2.23. The molecule has 20 heteroatoms. The number of hydrogen-bond donors (Lipinski definition) is 11. The molecular formula is C32H57N5O15. The number of carbonyl (C=O) groups excluding carboxylic acids is 5. The quantitative estimate of drug-likeness (QED) is 0.0439. The van der Waals surface area contributed by atoms with E-state index in [-0.39, 0.29) is 38.4 Å². The molecule has 0 aromatic heterocycles. The molecule has 0 aromatic carbocycles. The van der Waals surface area contributed by atoms with Crippen molar-refractivity contribution >= 4 is 29.5 Å². The molecule has 0 bridgehead atoms. The Kier molecular flexibility index (Phi) is 20.5. The third kappa shape index (κ3) is 15.1. The standard InChI is InChI=1S/C32H57N5O15/c1-17(40)35-24-28(46)26(44)20(15-38)51-31(24)49-13-7-4-10-22(42)34-12-6-3-9-19(30(33)48)37-23(43)11-5-8-14-50-32-25(36-18(2)41)29(47)27(45)21(16-39)52-32/h19-21,24-29,31-32,38-39,44-47H,3-16H2,1-2H3,(H2,33,48)(H,34,42)(H,35,40)(H,36,41)(H,37,43)/t19-,20?,21?,24?,25?,26?,27?,28?,29?,31?,32?/m0/s1. The molecule has 12 N–H and O–H groups in total. The van der Waals surface area contributed by atoms with Gasteiger partial charge in [0.25, 0.3) is 0 Å². The Labute approximate surface area is 302 Å². The van der Waals surface area contributed by atoms with Crippen LogP contribution in [0.2, 0.25) is 0 Å². The number of aliphatic hydroxyl groups excluding tert-OH is 6. The zero-order valence-corrected chi connectivity index (χ0v) is 29.7. The highest BCUT2D eigenvalue weighted by Gasteiger charge is 2.46. The lowest BCUT2D eigenvalue weighted by atomic mass is 9.97. The van der Waals surface area contributed by atoms with Crippen molar-refractivity contribution in [1.29, 1.82) is 0 Å². The van der Waals surface area contributed by atoms with Gasteiger partial charge in [-0.15, -0.1) is 0 Å². The maximum absolute atomic E-state index is 12.4. The fourth-order valence-electron chi connectivity index (χ4n) is 5.74. The van der Waals surface area contributed by atoms with E-state index >= 15 is 0 Å². The summed E-state index contributed by atoms with van der Waals surface area (Å²) in [6, 6.07) is -3.01. The number of primary amides is 1. The highest BCUT2D eigenvalue weighted by Crippen LogP contribution is 2.24. The van der Waals surface area contributed by atoms with Gasteiger partial charge < -0.3 is 76.6 Å². The fraction of sp³-hybridized carbons (Fsp3) is 0.844. The molecule has 0 aromatic rings. The third-order valence-corrected chi connectivity index (χ3v) is 8.58. The Hall–Kier alpha value is -3.05. The van der Waals surface area contributed by atoms with E-state index < -0.39 is 104 Å². The Morgan fingerprint density at radius 2 is 1.13 bits per heavy atom. The van der Waals surface area contributed by atoms with E-state index in [0.29, 0.717) is 45.1 Å². The minimum Gasteiger partial charge on any atom is -0.394 e. The van der Waals surface area contributed by atoms with Crippen LogP contribution in [0, 0.1) is 0 Å². The topological polar surface area (TPSA) is 318 Å². The third-order valence-electron chi connectivity index (χ3n) is 8.58. The summed E-state index contributed by atoms with van der Waals surface area (Å²) in [6.07, 6.45) is -6.92. The second-order valence-electron chi connectivity index (χ2n) is 12.9. The molecule has 52 heavy (non-hydrogen) atoms. The first-order valence-electron chi connectivity index (χ1n) is 17.6. The summed E-state index contributed by atoms with van der Waals surface area (Å²) in [4.78, 5) is 59.6. The number of hydrogen-bond acceptors (Lipinski definition) is 15.